The minimum absolute atomic E-state index is 0.00256. The number of aliphatic hydroxyl groups is 1. The normalized spacial score (nSPS) is 14.4. The predicted octanol–water partition coefficient (Wildman–Crippen LogP) is 14.8. The summed E-state index contributed by atoms with van der Waals surface area (Å²) in [6.45, 7) is 4.66. The molecular formula is C53H103N2O6P. The molecule has 0 aliphatic rings. The zero-order valence-corrected chi connectivity index (χ0v) is 42.5. The lowest BCUT2D eigenvalue weighted by Gasteiger charge is -2.29. The fraction of sp³-hybridized carbons (Fsp3) is 0.868. The van der Waals surface area contributed by atoms with E-state index in [1.807, 2.05) is 27.2 Å². The third kappa shape index (κ3) is 46.7. The van der Waals surface area contributed by atoms with Crippen LogP contribution in [0.15, 0.2) is 36.5 Å². The molecule has 0 rings (SSSR count). The molecule has 1 amide bonds. The standard InChI is InChI=1S/C53H103N2O6P/c1-6-8-10-12-14-16-18-20-22-24-25-26-27-28-29-31-33-35-37-39-41-43-45-47-53(57)54-51(50-61-62(58,59)60-49-48-55(3,4)5)52(56)46-44-42-40-38-36-34-32-30-23-21-19-17-15-13-11-9-7-2/h25-26,28-29,44,46,51-52,56H,6-24,27,30-43,45,47-50H2,1-5H3,(H-,54,57,58,59)/b26-25-,29-28-,46-44+. The van der Waals surface area contributed by atoms with E-state index in [-0.39, 0.29) is 19.1 Å². The average Bonchev–Trinajstić information content (AvgIpc) is 3.23. The molecule has 9 heteroatoms. The zero-order chi connectivity index (χ0) is 45.7. The van der Waals surface area contributed by atoms with Gasteiger partial charge in [-0.2, -0.15) is 0 Å². The van der Waals surface area contributed by atoms with E-state index >= 15 is 0 Å². The van der Waals surface area contributed by atoms with Crippen molar-refractivity contribution in [3.63, 3.8) is 0 Å². The van der Waals surface area contributed by atoms with Gasteiger partial charge in [0.25, 0.3) is 7.82 Å². The molecule has 8 nitrogen and oxygen atoms in total. The van der Waals surface area contributed by atoms with Crippen LogP contribution in [0.2, 0.25) is 0 Å². The van der Waals surface area contributed by atoms with E-state index < -0.39 is 20.0 Å². The molecular weight excluding hydrogens is 792 g/mol. The first-order valence-electron chi connectivity index (χ1n) is 26.4. The van der Waals surface area contributed by atoms with Gasteiger partial charge in [0.05, 0.1) is 39.9 Å². The van der Waals surface area contributed by atoms with Gasteiger partial charge in [0.2, 0.25) is 5.91 Å². The van der Waals surface area contributed by atoms with E-state index in [4.69, 9.17) is 9.05 Å². The van der Waals surface area contributed by atoms with Crippen LogP contribution < -0.4 is 10.2 Å². The summed E-state index contributed by atoms with van der Waals surface area (Å²) in [4.78, 5) is 25.4. The molecule has 0 fully saturated rings. The Balaban J connectivity index is 4.30. The molecule has 0 bridgehead atoms. The Morgan fingerprint density at radius 3 is 1.34 bits per heavy atom. The molecule has 0 spiro atoms. The van der Waals surface area contributed by atoms with Crippen LogP contribution in [-0.4, -0.2) is 68.5 Å². The fourth-order valence-corrected chi connectivity index (χ4v) is 8.38. The van der Waals surface area contributed by atoms with E-state index in [9.17, 15) is 19.4 Å². The van der Waals surface area contributed by atoms with E-state index in [0.717, 1.165) is 51.4 Å². The number of likely N-dealkylation sites (N-methyl/N-ethyl adjacent to an activating group) is 1. The molecule has 0 aromatic heterocycles. The summed E-state index contributed by atoms with van der Waals surface area (Å²) in [5, 5.41) is 13.8. The number of hydrogen-bond acceptors (Lipinski definition) is 6. The highest BCUT2D eigenvalue weighted by atomic mass is 31.2. The number of nitrogens with one attached hydrogen (secondary N) is 1. The van der Waals surface area contributed by atoms with Crippen molar-refractivity contribution in [2.75, 3.05) is 40.9 Å². The molecule has 3 atom stereocenters. The lowest BCUT2D eigenvalue weighted by atomic mass is 10.0. The Hall–Kier alpha value is -1.28. The summed E-state index contributed by atoms with van der Waals surface area (Å²) in [7, 11) is 1.26. The van der Waals surface area contributed by atoms with Crippen molar-refractivity contribution in [1.82, 2.24) is 5.32 Å². The van der Waals surface area contributed by atoms with Crippen molar-refractivity contribution in [3.05, 3.63) is 36.5 Å². The summed E-state index contributed by atoms with van der Waals surface area (Å²) in [6.07, 6.45) is 56.3. The summed E-state index contributed by atoms with van der Waals surface area (Å²) in [5.74, 6) is -0.203. The number of aliphatic hydroxyl groups excluding tert-OH is 1. The Morgan fingerprint density at radius 1 is 0.565 bits per heavy atom. The summed E-state index contributed by atoms with van der Waals surface area (Å²) < 4.78 is 23.3. The van der Waals surface area contributed by atoms with Gasteiger partial charge in [-0.3, -0.25) is 9.36 Å². The average molecular weight is 895 g/mol. The SMILES string of the molecule is CCCCCCCCCCC/C=C\C/C=C\CCCCCCCCCC(=O)NC(COP(=O)([O-])OCC[N+](C)(C)C)C(O)/C=C/CCCCCCCCCCCCCCCCC. The van der Waals surface area contributed by atoms with Crippen molar-refractivity contribution in [1.29, 1.82) is 0 Å². The Bertz CT molecular complexity index is 1110. The lowest BCUT2D eigenvalue weighted by molar-refractivity contribution is -0.870. The number of phosphoric ester groups is 1. The van der Waals surface area contributed by atoms with Crippen LogP contribution in [0, 0.1) is 0 Å². The predicted molar refractivity (Wildman–Crippen MR) is 265 cm³/mol. The first-order chi connectivity index (χ1) is 30.0. The Labute approximate surface area is 385 Å². The van der Waals surface area contributed by atoms with Crippen LogP contribution in [0.4, 0.5) is 0 Å². The monoisotopic (exact) mass is 895 g/mol. The number of quaternary nitrogens is 1. The molecule has 2 N–H and O–H groups in total. The molecule has 0 heterocycles. The molecule has 0 aliphatic heterocycles. The van der Waals surface area contributed by atoms with Gasteiger partial charge < -0.3 is 28.8 Å². The number of amides is 1. The largest absolute Gasteiger partial charge is 0.756 e. The molecule has 0 saturated carbocycles. The van der Waals surface area contributed by atoms with Gasteiger partial charge in [-0.05, 0) is 51.4 Å². The summed E-state index contributed by atoms with van der Waals surface area (Å²) in [6, 6.07) is -0.890. The van der Waals surface area contributed by atoms with Crippen LogP contribution in [0.3, 0.4) is 0 Å². The molecule has 366 valence electrons. The third-order valence-corrected chi connectivity index (χ3v) is 12.8. The van der Waals surface area contributed by atoms with Gasteiger partial charge in [0, 0.05) is 6.42 Å². The number of nitrogens with zero attached hydrogens (tertiary/aromatic N) is 1. The van der Waals surface area contributed by atoms with Crippen LogP contribution in [0.25, 0.3) is 0 Å². The number of hydrogen-bond donors (Lipinski definition) is 2. The number of allylic oxidation sites excluding steroid dienone is 5. The van der Waals surface area contributed by atoms with Gasteiger partial charge >= 0.3 is 0 Å². The van der Waals surface area contributed by atoms with Crippen LogP contribution >= 0.6 is 7.82 Å². The summed E-state index contributed by atoms with van der Waals surface area (Å²) >= 11 is 0. The van der Waals surface area contributed by atoms with Crippen molar-refractivity contribution in [3.8, 4) is 0 Å². The quantitative estimate of drug-likeness (QED) is 0.0273. The van der Waals surface area contributed by atoms with Gasteiger partial charge in [-0.15, -0.1) is 0 Å². The van der Waals surface area contributed by atoms with Crippen molar-refractivity contribution < 1.29 is 32.9 Å². The Morgan fingerprint density at radius 2 is 0.935 bits per heavy atom. The fourth-order valence-electron chi connectivity index (χ4n) is 7.65. The topological polar surface area (TPSA) is 108 Å². The Kier molecular flexibility index (Phi) is 44.0. The number of phosphoric acid groups is 1. The van der Waals surface area contributed by atoms with Gasteiger partial charge in [0.15, 0.2) is 0 Å². The van der Waals surface area contributed by atoms with E-state index in [2.05, 4.69) is 43.5 Å². The number of unbranched alkanes of at least 4 members (excludes halogenated alkanes) is 31. The molecule has 0 radical (unpaired) electrons. The molecule has 0 aromatic rings. The van der Waals surface area contributed by atoms with Crippen molar-refractivity contribution in [2.24, 2.45) is 0 Å². The number of carbonyl (C=O) groups is 1. The number of carbonyl (C=O) groups excluding carboxylic acids is 1. The molecule has 0 saturated heterocycles. The highest BCUT2D eigenvalue weighted by molar-refractivity contribution is 7.45. The number of rotatable bonds is 48. The van der Waals surface area contributed by atoms with Crippen LogP contribution in [-0.2, 0) is 18.4 Å². The maximum Gasteiger partial charge on any atom is 0.268 e. The minimum Gasteiger partial charge on any atom is -0.756 e. The summed E-state index contributed by atoms with van der Waals surface area (Å²) in [5.41, 5.74) is 0. The second-order valence-corrected chi connectivity index (χ2v) is 20.6. The second-order valence-electron chi connectivity index (χ2n) is 19.2. The highest BCUT2D eigenvalue weighted by Crippen LogP contribution is 2.38. The van der Waals surface area contributed by atoms with Gasteiger partial charge in [0.1, 0.15) is 13.2 Å². The van der Waals surface area contributed by atoms with Crippen LogP contribution in [0.5, 0.6) is 0 Å². The highest BCUT2D eigenvalue weighted by Gasteiger charge is 2.23. The second kappa shape index (κ2) is 44.9. The van der Waals surface area contributed by atoms with Crippen molar-refractivity contribution >= 4 is 13.7 Å². The smallest absolute Gasteiger partial charge is 0.268 e. The maximum absolute atomic E-state index is 12.9. The van der Waals surface area contributed by atoms with E-state index in [0.29, 0.717) is 17.4 Å². The first kappa shape index (κ1) is 60.7. The maximum atomic E-state index is 12.9. The molecule has 3 unspecified atom stereocenters. The first-order valence-corrected chi connectivity index (χ1v) is 27.8. The van der Waals surface area contributed by atoms with E-state index in [1.54, 1.807) is 6.08 Å². The molecule has 0 aliphatic carbocycles. The lowest BCUT2D eigenvalue weighted by Crippen LogP contribution is -2.45. The van der Waals surface area contributed by atoms with E-state index in [1.165, 1.54) is 173 Å². The zero-order valence-electron chi connectivity index (χ0n) is 41.6. The third-order valence-electron chi connectivity index (χ3n) is 11.8. The molecule has 62 heavy (non-hydrogen) atoms. The van der Waals surface area contributed by atoms with Gasteiger partial charge in [-0.25, -0.2) is 0 Å². The van der Waals surface area contributed by atoms with Crippen molar-refractivity contribution in [2.45, 2.75) is 257 Å². The minimum atomic E-state index is -4.59. The van der Waals surface area contributed by atoms with Gasteiger partial charge in [-0.1, -0.05) is 224 Å². The molecule has 0 aromatic carbocycles. The van der Waals surface area contributed by atoms with Crippen LogP contribution in [0.1, 0.15) is 245 Å².